The maximum atomic E-state index is 12.9. The van der Waals surface area contributed by atoms with Crippen molar-refractivity contribution >= 4 is 21.6 Å². The summed E-state index contributed by atoms with van der Waals surface area (Å²) in [4.78, 5) is 13.0. The van der Waals surface area contributed by atoms with Crippen molar-refractivity contribution in [3.63, 3.8) is 0 Å². The van der Waals surface area contributed by atoms with Crippen LogP contribution in [0.5, 0.6) is 0 Å². The number of carbonyl (C=O) groups excluding carboxylic acids is 1. The number of amides is 1. The van der Waals surface area contributed by atoms with Crippen LogP contribution < -0.4 is 5.32 Å². The molecule has 0 aliphatic carbocycles. The predicted octanol–water partition coefficient (Wildman–Crippen LogP) is 3.65. The molecular weight excluding hydrogens is 360 g/mol. The van der Waals surface area contributed by atoms with E-state index in [0.717, 1.165) is 22.4 Å². The normalized spacial score (nSPS) is 18.3. The molecule has 0 radical (unpaired) electrons. The summed E-state index contributed by atoms with van der Waals surface area (Å²) in [5, 5.41) is 2.95. The van der Waals surface area contributed by atoms with Crippen molar-refractivity contribution in [2.75, 3.05) is 18.4 Å². The molecular formula is C21H26N2O3S. The Hall–Kier alpha value is -2.18. The van der Waals surface area contributed by atoms with Gasteiger partial charge in [-0.15, -0.1) is 0 Å². The first-order chi connectivity index (χ1) is 12.8. The minimum atomic E-state index is -3.58. The Kier molecular flexibility index (Phi) is 5.67. The summed E-state index contributed by atoms with van der Waals surface area (Å²) in [7, 11) is -3.58. The van der Waals surface area contributed by atoms with Gasteiger partial charge in [-0.3, -0.25) is 4.79 Å². The van der Waals surface area contributed by atoms with E-state index in [1.165, 1.54) is 4.31 Å². The van der Waals surface area contributed by atoms with Crippen LogP contribution >= 0.6 is 0 Å². The lowest BCUT2D eigenvalue weighted by Crippen LogP contribution is -2.43. The third kappa shape index (κ3) is 4.57. The van der Waals surface area contributed by atoms with Crippen LogP contribution in [0.1, 0.15) is 29.5 Å². The Morgan fingerprint density at radius 3 is 2.26 bits per heavy atom. The summed E-state index contributed by atoms with van der Waals surface area (Å²) in [5.41, 5.74) is 3.93. The lowest BCUT2D eigenvalue weighted by atomic mass is 9.98. The second kappa shape index (κ2) is 7.82. The first-order valence-electron chi connectivity index (χ1n) is 9.22. The average Bonchev–Trinajstić information content (AvgIpc) is 2.61. The lowest BCUT2D eigenvalue weighted by molar-refractivity contribution is -0.120. The quantitative estimate of drug-likeness (QED) is 0.872. The van der Waals surface area contributed by atoms with Crippen molar-refractivity contribution in [3.05, 3.63) is 59.2 Å². The third-order valence-electron chi connectivity index (χ3n) is 4.90. The van der Waals surface area contributed by atoms with E-state index in [2.05, 4.69) is 5.32 Å². The van der Waals surface area contributed by atoms with Gasteiger partial charge in [0.25, 0.3) is 0 Å². The van der Waals surface area contributed by atoms with Gasteiger partial charge in [0.05, 0.1) is 10.8 Å². The fourth-order valence-electron chi connectivity index (χ4n) is 3.53. The highest BCUT2D eigenvalue weighted by atomic mass is 32.2. The predicted molar refractivity (Wildman–Crippen MR) is 107 cm³/mol. The van der Waals surface area contributed by atoms with Crippen LogP contribution in [0.25, 0.3) is 0 Å². The van der Waals surface area contributed by atoms with Crippen LogP contribution in [0, 0.1) is 26.7 Å². The number of rotatable bonds is 4. The maximum absolute atomic E-state index is 12.9. The summed E-state index contributed by atoms with van der Waals surface area (Å²) in [6, 6.07) is 12.7. The second-order valence-electron chi connectivity index (χ2n) is 7.38. The lowest BCUT2D eigenvalue weighted by Gasteiger charge is -2.31. The zero-order chi connectivity index (χ0) is 19.6. The zero-order valence-corrected chi connectivity index (χ0v) is 16.8. The molecule has 1 fully saturated rings. The molecule has 6 heteroatoms. The van der Waals surface area contributed by atoms with Gasteiger partial charge in [0.1, 0.15) is 0 Å². The molecule has 0 saturated carbocycles. The molecule has 1 N–H and O–H groups in total. The van der Waals surface area contributed by atoms with Gasteiger partial charge in [-0.25, -0.2) is 8.42 Å². The number of hydrogen-bond donors (Lipinski definition) is 1. The maximum Gasteiger partial charge on any atom is 0.243 e. The zero-order valence-electron chi connectivity index (χ0n) is 16.0. The Morgan fingerprint density at radius 1 is 1.00 bits per heavy atom. The second-order valence-corrected chi connectivity index (χ2v) is 9.32. The topological polar surface area (TPSA) is 66.5 Å². The third-order valence-corrected chi connectivity index (χ3v) is 6.78. The first-order valence-corrected chi connectivity index (χ1v) is 10.7. The van der Waals surface area contributed by atoms with Gasteiger partial charge in [-0.1, -0.05) is 23.8 Å². The molecule has 1 saturated heterocycles. The Morgan fingerprint density at radius 2 is 1.63 bits per heavy atom. The minimum absolute atomic E-state index is 0.121. The average molecular weight is 387 g/mol. The van der Waals surface area contributed by atoms with Gasteiger partial charge in [0, 0.05) is 18.8 Å². The molecule has 1 heterocycles. The fraction of sp³-hybridized carbons (Fsp3) is 0.381. The van der Waals surface area contributed by atoms with E-state index in [0.29, 0.717) is 19.4 Å². The monoisotopic (exact) mass is 386 g/mol. The van der Waals surface area contributed by atoms with Crippen molar-refractivity contribution < 1.29 is 13.2 Å². The van der Waals surface area contributed by atoms with Crippen LogP contribution in [-0.2, 0) is 14.8 Å². The number of aryl methyl sites for hydroxylation is 3. The number of sulfonamides is 1. The summed E-state index contributed by atoms with van der Waals surface area (Å²) in [6.45, 7) is 6.55. The van der Waals surface area contributed by atoms with Gasteiger partial charge in [0.2, 0.25) is 15.9 Å². The highest BCUT2D eigenvalue weighted by Crippen LogP contribution is 2.25. The first kappa shape index (κ1) is 19.6. The standard InChI is InChI=1S/C21H26N2O3S/c1-15-6-8-20(9-7-15)27(25,26)23-10-4-5-18(14-23)21(24)22-19-12-16(2)11-17(3)13-19/h6-9,11-13,18H,4-5,10,14H2,1-3H3,(H,22,24)/t18-/m1/s1. The summed E-state index contributed by atoms with van der Waals surface area (Å²) < 4.78 is 27.3. The SMILES string of the molecule is Cc1ccc(S(=O)(=O)N2CCC[C@@H](C(=O)Nc3cc(C)cc(C)c3)C2)cc1. The fourth-order valence-corrected chi connectivity index (χ4v) is 5.05. The molecule has 144 valence electrons. The molecule has 3 rings (SSSR count). The molecule has 1 atom stereocenters. The molecule has 2 aromatic carbocycles. The van der Waals surface area contributed by atoms with Gasteiger partial charge in [0.15, 0.2) is 0 Å². The number of benzene rings is 2. The summed E-state index contributed by atoms with van der Waals surface area (Å²) >= 11 is 0. The van der Waals surface area contributed by atoms with Crippen molar-refractivity contribution in [2.45, 2.75) is 38.5 Å². The van der Waals surface area contributed by atoms with Gasteiger partial charge < -0.3 is 5.32 Å². The van der Waals surface area contributed by atoms with Crippen LogP contribution in [0.4, 0.5) is 5.69 Å². The molecule has 1 amide bonds. The van der Waals surface area contributed by atoms with Crippen molar-refractivity contribution in [1.29, 1.82) is 0 Å². The molecule has 0 bridgehead atoms. The van der Waals surface area contributed by atoms with E-state index in [-0.39, 0.29) is 23.3 Å². The van der Waals surface area contributed by atoms with E-state index in [1.54, 1.807) is 24.3 Å². The Labute approximate surface area is 161 Å². The number of hydrogen-bond acceptors (Lipinski definition) is 3. The molecule has 0 spiro atoms. The van der Waals surface area contributed by atoms with Crippen molar-refractivity contribution in [1.82, 2.24) is 4.31 Å². The molecule has 0 aromatic heterocycles. The van der Waals surface area contributed by atoms with E-state index in [9.17, 15) is 13.2 Å². The molecule has 1 aliphatic rings. The highest BCUT2D eigenvalue weighted by Gasteiger charge is 2.33. The van der Waals surface area contributed by atoms with Crippen molar-refractivity contribution in [2.24, 2.45) is 5.92 Å². The smallest absolute Gasteiger partial charge is 0.243 e. The van der Waals surface area contributed by atoms with E-state index >= 15 is 0 Å². The van der Waals surface area contributed by atoms with Crippen LogP contribution in [0.2, 0.25) is 0 Å². The molecule has 2 aromatic rings. The van der Waals surface area contributed by atoms with Gasteiger partial charge in [-0.2, -0.15) is 4.31 Å². The number of piperidine rings is 1. The molecule has 5 nitrogen and oxygen atoms in total. The summed E-state index contributed by atoms with van der Waals surface area (Å²) in [6.07, 6.45) is 1.37. The van der Waals surface area contributed by atoms with Crippen LogP contribution in [-0.4, -0.2) is 31.7 Å². The number of anilines is 1. The number of nitrogens with one attached hydrogen (secondary N) is 1. The Balaban J connectivity index is 1.73. The van der Waals surface area contributed by atoms with E-state index in [1.807, 2.05) is 39.0 Å². The van der Waals surface area contributed by atoms with Crippen molar-refractivity contribution in [3.8, 4) is 0 Å². The summed E-state index contributed by atoms with van der Waals surface area (Å²) in [5.74, 6) is -0.469. The van der Waals surface area contributed by atoms with Gasteiger partial charge >= 0.3 is 0 Å². The Bertz CT molecular complexity index is 916. The number of nitrogens with zero attached hydrogens (tertiary/aromatic N) is 1. The minimum Gasteiger partial charge on any atom is -0.326 e. The molecule has 0 unspecified atom stereocenters. The van der Waals surface area contributed by atoms with E-state index in [4.69, 9.17) is 0 Å². The largest absolute Gasteiger partial charge is 0.326 e. The van der Waals surface area contributed by atoms with E-state index < -0.39 is 10.0 Å². The highest BCUT2D eigenvalue weighted by molar-refractivity contribution is 7.89. The molecule has 1 aliphatic heterocycles. The van der Waals surface area contributed by atoms with Crippen LogP contribution in [0.3, 0.4) is 0 Å². The number of carbonyl (C=O) groups is 1. The van der Waals surface area contributed by atoms with Crippen LogP contribution in [0.15, 0.2) is 47.4 Å². The molecule has 27 heavy (non-hydrogen) atoms. The van der Waals surface area contributed by atoms with Gasteiger partial charge in [-0.05, 0) is 69.0 Å².